The van der Waals surface area contributed by atoms with E-state index in [1.54, 1.807) is 12.1 Å². The average molecular weight is 190 g/mol. The molecule has 1 aromatic rings. The van der Waals surface area contributed by atoms with Gasteiger partial charge in [0.1, 0.15) is 0 Å². The fourth-order valence-corrected chi connectivity index (χ4v) is 1.38. The quantitative estimate of drug-likeness (QED) is 0.459. The first-order chi connectivity index (χ1) is 6.68. The summed E-state index contributed by atoms with van der Waals surface area (Å²) in [6, 6.07) is 4.52. The van der Waals surface area contributed by atoms with Crippen molar-refractivity contribution in [3.63, 3.8) is 0 Å². The molecule has 0 saturated heterocycles. The van der Waals surface area contributed by atoms with Crippen LogP contribution in [-0.4, -0.2) is 10.8 Å². The molecule has 0 bridgehead atoms. The summed E-state index contributed by atoms with van der Waals surface area (Å²) in [5.41, 5.74) is -0.00116. The van der Waals surface area contributed by atoms with Crippen molar-refractivity contribution in [3.8, 4) is 0 Å². The largest absolute Gasteiger partial charge is 0.278 e. The average Bonchev–Trinajstić information content (AvgIpc) is 2.16. The maximum absolute atomic E-state index is 10.9. The van der Waals surface area contributed by atoms with Crippen molar-refractivity contribution in [2.45, 2.75) is 6.42 Å². The van der Waals surface area contributed by atoms with E-state index in [0.29, 0.717) is 10.6 Å². The third-order valence-electron chi connectivity index (χ3n) is 1.98. The van der Waals surface area contributed by atoms with Gasteiger partial charge in [-0.1, -0.05) is 12.1 Å². The molecule has 14 heavy (non-hydrogen) atoms. The molecule has 0 spiro atoms. The molecule has 0 aromatic heterocycles. The van der Waals surface area contributed by atoms with Gasteiger partial charge in [0.2, 0.25) is 5.91 Å². The van der Waals surface area contributed by atoms with E-state index in [-0.39, 0.29) is 18.0 Å². The zero-order chi connectivity index (χ0) is 10.1. The number of carbonyl (C=O) groups excluding carboxylic acids is 1. The van der Waals surface area contributed by atoms with Gasteiger partial charge in [0.05, 0.1) is 15.5 Å². The van der Waals surface area contributed by atoms with Crippen LogP contribution in [0.2, 0.25) is 0 Å². The minimum atomic E-state index is -0.472. The first-order valence-electron chi connectivity index (χ1n) is 4.03. The first kappa shape index (κ1) is 8.55. The van der Waals surface area contributed by atoms with Crippen LogP contribution in [0.4, 0.5) is 5.69 Å². The molecule has 0 N–H and O–H groups in total. The number of amides is 1. The van der Waals surface area contributed by atoms with Crippen molar-refractivity contribution in [2.24, 2.45) is 4.99 Å². The van der Waals surface area contributed by atoms with Gasteiger partial charge in [-0.2, -0.15) is 0 Å². The van der Waals surface area contributed by atoms with Crippen LogP contribution in [0, 0.1) is 10.1 Å². The minimum Gasteiger partial charge on any atom is -0.272 e. The smallest absolute Gasteiger partial charge is 0.272 e. The second-order valence-corrected chi connectivity index (χ2v) is 2.88. The van der Waals surface area contributed by atoms with Crippen LogP contribution in [0.15, 0.2) is 23.2 Å². The van der Waals surface area contributed by atoms with Crippen molar-refractivity contribution in [1.82, 2.24) is 0 Å². The van der Waals surface area contributed by atoms with Gasteiger partial charge in [0.15, 0.2) is 0 Å². The Morgan fingerprint density at radius 1 is 1.43 bits per heavy atom. The molecule has 0 unspecified atom stereocenters. The Kier molecular flexibility index (Phi) is 1.85. The van der Waals surface area contributed by atoms with Gasteiger partial charge >= 0.3 is 0 Å². The molecule has 70 valence electrons. The summed E-state index contributed by atoms with van der Waals surface area (Å²) >= 11 is 0. The zero-order valence-electron chi connectivity index (χ0n) is 7.14. The van der Waals surface area contributed by atoms with Crippen LogP contribution >= 0.6 is 0 Å². The molecule has 1 aliphatic rings. The lowest BCUT2D eigenvalue weighted by Crippen LogP contribution is -2.31. The molecule has 1 heterocycles. The SMILES string of the molecule is O=C1CC=c2c([N+](=O)[O-])cccc2=N1. The summed E-state index contributed by atoms with van der Waals surface area (Å²) in [6.45, 7) is 0. The fraction of sp³-hybridized carbons (Fsp3) is 0.111. The number of rotatable bonds is 1. The van der Waals surface area contributed by atoms with Gasteiger partial charge < -0.3 is 0 Å². The molecule has 0 atom stereocenters. The molecule has 5 heteroatoms. The van der Waals surface area contributed by atoms with Crippen LogP contribution < -0.4 is 10.6 Å². The van der Waals surface area contributed by atoms with Crippen LogP contribution in [0.5, 0.6) is 0 Å². The number of fused-ring (bicyclic) bond motifs is 1. The molecule has 1 amide bonds. The highest BCUT2D eigenvalue weighted by atomic mass is 16.6. The summed E-state index contributed by atoms with van der Waals surface area (Å²) in [6.07, 6.45) is 1.68. The van der Waals surface area contributed by atoms with E-state index >= 15 is 0 Å². The van der Waals surface area contributed by atoms with Gasteiger partial charge in [-0.05, 0) is 6.07 Å². The van der Waals surface area contributed by atoms with Crippen LogP contribution in [0.3, 0.4) is 0 Å². The van der Waals surface area contributed by atoms with Crippen molar-refractivity contribution in [1.29, 1.82) is 0 Å². The summed E-state index contributed by atoms with van der Waals surface area (Å²) < 4.78 is 0. The molecule has 1 aromatic carbocycles. The molecular weight excluding hydrogens is 184 g/mol. The lowest BCUT2D eigenvalue weighted by Gasteiger charge is -1.98. The number of nitrogens with zero attached hydrogens (tertiary/aromatic N) is 2. The number of carbonyl (C=O) groups is 1. The van der Waals surface area contributed by atoms with Crippen molar-refractivity contribution in [2.75, 3.05) is 0 Å². The molecule has 5 nitrogen and oxygen atoms in total. The van der Waals surface area contributed by atoms with Gasteiger partial charge in [-0.25, -0.2) is 4.99 Å². The third-order valence-corrected chi connectivity index (χ3v) is 1.98. The normalized spacial score (nSPS) is 13.9. The monoisotopic (exact) mass is 190 g/mol. The Bertz CT molecular complexity index is 533. The number of hydrogen-bond acceptors (Lipinski definition) is 3. The minimum absolute atomic E-state index is 0.00116. The summed E-state index contributed by atoms with van der Waals surface area (Å²) in [4.78, 5) is 24.8. The predicted molar refractivity (Wildman–Crippen MR) is 48.0 cm³/mol. The first-order valence-corrected chi connectivity index (χ1v) is 4.03. The van der Waals surface area contributed by atoms with E-state index in [2.05, 4.69) is 4.99 Å². The number of benzene rings is 1. The number of non-ortho nitro benzene ring substituents is 1. The van der Waals surface area contributed by atoms with E-state index in [9.17, 15) is 14.9 Å². The van der Waals surface area contributed by atoms with Gasteiger partial charge in [-0.3, -0.25) is 14.9 Å². The predicted octanol–water partition coefficient (Wildman–Crippen LogP) is -0.0748. The molecular formula is C9H6N2O3. The van der Waals surface area contributed by atoms with Crippen LogP contribution in [0.25, 0.3) is 6.08 Å². The maximum Gasteiger partial charge on any atom is 0.278 e. The Morgan fingerprint density at radius 2 is 2.21 bits per heavy atom. The second-order valence-electron chi connectivity index (χ2n) is 2.88. The molecule has 2 rings (SSSR count). The van der Waals surface area contributed by atoms with Crippen LogP contribution in [-0.2, 0) is 4.79 Å². The highest BCUT2D eigenvalue weighted by Crippen LogP contribution is 2.02. The molecule has 0 fully saturated rings. The topological polar surface area (TPSA) is 72.6 Å². The van der Waals surface area contributed by atoms with Gasteiger partial charge in [0.25, 0.3) is 5.69 Å². The highest BCUT2D eigenvalue weighted by Gasteiger charge is 2.12. The summed E-state index contributed by atoms with van der Waals surface area (Å²) in [5, 5.41) is 11.4. The van der Waals surface area contributed by atoms with Crippen molar-refractivity contribution < 1.29 is 9.72 Å². The van der Waals surface area contributed by atoms with Gasteiger partial charge in [-0.15, -0.1) is 0 Å². The van der Waals surface area contributed by atoms with Gasteiger partial charge in [0, 0.05) is 12.5 Å². The Balaban J connectivity index is 2.82. The summed E-state index contributed by atoms with van der Waals surface area (Å²) in [5.74, 6) is -0.266. The molecule has 0 radical (unpaired) electrons. The van der Waals surface area contributed by atoms with E-state index in [4.69, 9.17) is 0 Å². The molecule has 0 saturated carbocycles. The Labute approximate surface area is 78.5 Å². The third kappa shape index (κ3) is 1.28. The number of hydrogen-bond donors (Lipinski definition) is 0. The van der Waals surface area contributed by atoms with Crippen molar-refractivity contribution in [3.05, 3.63) is 38.9 Å². The van der Waals surface area contributed by atoms with Crippen LogP contribution in [0.1, 0.15) is 6.42 Å². The van der Waals surface area contributed by atoms with E-state index in [1.807, 2.05) is 0 Å². The Morgan fingerprint density at radius 3 is 2.93 bits per heavy atom. The standard InChI is InChI=1S/C9H6N2O3/c12-9-5-4-6-7(10-9)2-1-3-8(6)11(13)14/h1-4H,5H2. The van der Waals surface area contributed by atoms with Crippen molar-refractivity contribution >= 4 is 17.7 Å². The molecule has 0 aliphatic carbocycles. The van der Waals surface area contributed by atoms with E-state index in [0.717, 1.165) is 0 Å². The summed E-state index contributed by atoms with van der Waals surface area (Å²) in [7, 11) is 0. The fourth-order valence-electron chi connectivity index (χ4n) is 1.38. The lowest BCUT2D eigenvalue weighted by molar-refractivity contribution is -0.386. The molecule has 1 aliphatic heterocycles. The highest BCUT2D eigenvalue weighted by molar-refractivity contribution is 5.83. The van der Waals surface area contributed by atoms with E-state index < -0.39 is 4.92 Å². The number of nitro groups is 1. The lowest BCUT2D eigenvalue weighted by atomic mass is 10.2. The second kappa shape index (κ2) is 3.02. The van der Waals surface area contributed by atoms with E-state index in [1.165, 1.54) is 12.1 Å². The Hall–Kier alpha value is -2.04. The zero-order valence-corrected chi connectivity index (χ0v) is 7.14. The maximum atomic E-state index is 10.9. The number of nitro benzene ring substituents is 1.